The van der Waals surface area contributed by atoms with Gasteiger partial charge in [-0.1, -0.05) is 19.9 Å². The number of hydrogen-bond donors (Lipinski definition) is 3. The number of nitrogens with one attached hydrogen (secondary N) is 2. The van der Waals surface area contributed by atoms with Crippen LogP contribution in [0.3, 0.4) is 0 Å². The standard InChI is InChI=1S/C15H20N2O3/c1-9(2)13(15(19)20)17-14(18)11-4-3-10-5-6-16-8-12(10)7-11/h3-4,7,9,13,16H,5-6,8H2,1-2H3,(H,17,18)(H,19,20)/t13-/m1/s1. The molecular weight excluding hydrogens is 256 g/mol. The molecule has 0 aliphatic carbocycles. The van der Waals surface area contributed by atoms with E-state index in [1.54, 1.807) is 19.9 Å². The third kappa shape index (κ3) is 3.17. The second-order valence-corrected chi connectivity index (χ2v) is 5.44. The molecular formula is C15H20N2O3. The molecule has 1 heterocycles. The molecule has 1 aromatic rings. The van der Waals surface area contributed by atoms with Crippen molar-refractivity contribution >= 4 is 11.9 Å². The Kier molecular flexibility index (Phi) is 4.39. The number of aliphatic carboxylic acids is 1. The average Bonchev–Trinajstić information content (AvgIpc) is 2.43. The first kappa shape index (κ1) is 14.5. The minimum atomic E-state index is -1.01. The largest absolute Gasteiger partial charge is 0.480 e. The third-order valence-corrected chi connectivity index (χ3v) is 3.57. The van der Waals surface area contributed by atoms with Crippen LogP contribution in [-0.4, -0.2) is 29.6 Å². The van der Waals surface area contributed by atoms with Gasteiger partial charge in [-0.05, 0) is 42.1 Å². The molecule has 20 heavy (non-hydrogen) atoms. The van der Waals surface area contributed by atoms with Crippen LogP contribution >= 0.6 is 0 Å². The molecule has 3 N–H and O–H groups in total. The third-order valence-electron chi connectivity index (χ3n) is 3.57. The van der Waals surface area contributed by atoms with Crippen LogP contribution in [0.1, 0.15) is 35.3 Å². The van der Waals surface area contributed by atoms with E-state index in [1.165, 1.54) is 5.56 Å². The summed E-state index contributed by atoms with van der Waals surface area (Å²) in [5.41, 5.74) is 2.87. The fourth-order valence-electron chi connectivity index (χ4n) is 2.36. The minimum absolute atomic E-state index is 0.157. The van der Waals surface area contributed by atoms with E-state index in [0.717, 1.165) is 25.1 Å². The zero-order chi connectivity index (χ0) is 14.7. The Bertz CT molecular complexity index is 526. The van der Waals surface area contributed by atoms with Crippen LogP contribution in [0.5, 0.6) is 0 Å². The lowest BCUT2D eigenvalue weighted by molar-refractivity contribution is -0.140. The van der Waals surface area contributed by atoms with E-state index in [-0.39, 0.29) is 11.8 Å². The van der Waals surface area contributed by atoms with Gasteiger partial charge in [-0.3, -0.25) is 4.79 Å². The number of rotatable bonds is 4. The van der Waals surface area contributed by atoms with Gasteiger partial charge in [0.15, 0.2) is 0 Å². The van der Waals surface area contributed by atoms with Crippen molar-refractivity contribution in [3.8, 4) is 0 Å². The molecule has 1 amide bonds. The summed E-state index contributed by atoms with van der Waals surface area (Å²) in [5.74, 6) is -1.50. The molecule has 0 aromatic heterocycles. The van der Waals surface area contributed by atoms with Crippen molar-refractivity contribution < 1.29 is 14.7 Å². The predicted octanol–water partition coefficient (Wildman–Crippen LogP) is 1.17. The minimum Gasteiger partial charge on any atom is -0.480 e. The Morgan fingerprint density at radius 1 is 1.30 bits per heavy atom. The van der Waals surface area contributed by atoms with E-state index in [4.69, 9.17) is 5.11 Å². The molecule has 2 rings (SSSR count). The Balaban J connectivity index is 2.15. The van der Waals surface area contributed by atoms with Gasteiger partial charge in [0.25, 0.3) is 5.91 Å². The van der Waals surface area contributed by atoms with Crippen LogP contribution in [0, 0.1) is 5.92 Å². The quantitative estimate of drug-likeness (QED) is 0.771. The number of benzene rings is 1. The molecule has 0 saturated heterocycles. The Morgan fingerprint density at radius 3 is 2.70 bits per heavy atom. The molecule has 108 valence electrons. The van der Waals surface area contributed by atoms with Gasteiger partial charge < -0.3 is 15.7 Å². The summed E-state index contributed by atoms with van der Waals surface area (Å²) in [6, 6.07) is 4.70. The maximum Gasteiger partial charge on any atom is 0.326 e. The van der Waals surface area contributed by atoms with E-state index < -0.39 is 12.0 Å². The monoisotopic (exact) mass is 276 g/mol. The molecule has 5 nitrogen and oxygen atoms in total. The molecule has 1 atom stereocenters. The molecule has 0 spiro atoms. The molecule has 0 fully saturated rings. The Hall–Kier alpha value is -1.88. The first-order valence-electron chi connectivity index (χ1n) is 6.85. The first-order chi connectivity index (χ1) is 9.49. The first-order valence-corrected chi connectivity index (χ1v) is 6.85. The van der Waals surface area contributed by atoms with E-state index in [2.05, 4.69) is 10.6 Å². The fourth-order valence-corrected chi connectivity index (χ4v) is 2.36. The van der Waals surface area contributed by atoms with Gasteiger partial charge in [-0.25, -0.2) is 4.79 Å². The average molecular weight is 276 g/mol. The predicted molar refractivity (Wildman–Crippen MR) is 75.6 cm³/mol. The summed E-state index contributed by atoms with van der Waals surface area (Å²) in [7, 11) is 0. The van der Waals surface area contributed by atoms with Crippen LogP contribution < -0.4 is 10.6 Å². The van der Waals surface area contributed by atoms with Crippen molar-refractivity contribution in [2.45, 2.75) is 32.9 Å². The molecule has 0 bridgehead atoms. The second kappa shape index (κ2) is 6.05. The van der Waals surface area contributed by atoms with Crippen molar-refractivity contribution in [1.82, 2.24) is 10.6 Å². The van der Waals surface area contributed by atoms with Crippen LogP contribution in [0.15, 0.2) is 18.2 Å². The van der Waals surface area contributed by atoms with Gasteiger partial charge in [0, 0.05) is 12.1 Å². The number of carbonyl (C=O) groups is 2. The summed E-state index contributed by atoms with van der Waals surface area (Å²) in [5, 5.41) is 14.9. The Labute approximate surface area is 118 Å². The van der Waals surface area contributed by atoms with Crippen molar-refractivity contribution in [2.75, 3.05) is 6.54 Å². The van der Waals surface area contributed by atoms with Gasteiger partial charge in [0.1, 0.15) is 6.04 Å². The highest BCUT2D eigenvalue weighted by Crippen LogP contribution is 2.16. The van der Waals surface area contributed by atoms with E-state index in [9.17, 15) is 9.59 Å². The zero-order valence-electron chi connectivity index (χ0n) is 11.8. The molecule has 1 aliphatic rings. The molecule has 1 aliphatic heterocycles. The van der Waals surface area contributed by atoms with Gasteiger partial charge in [0.2, 0.25) is 0 Å². The highest BCUT2D eigenvalue weighted by atomic mass is 16.4. The highest BCUT2D eigenvalue weighted by molar-refractivity contribution is 5.96. The van der Waals surface area contributed by atoms with Crippen LogP contribution in [0.2, 0.25) is 0 Å². The number of carboxylic acid groups (broad SMARTS) is 1. The fraction of sp³-hybridized carbons (Fsp3) is 0.467. The molecule has 1 aromatic carbocycles. The van der Waals surface area contributed by atoms with Gasteiger partial charge in [0.05, 0.1) is 0 Å². The van der Waals surface area contributed by atoms with Crippen molar-refractivity contribution in [2.24, 2.45) is 5.92 Å². The number of hydrogen-bond acceptors (Lipinski definition) is 3. The van der Waals surface area contributed by atoms with Crippen molar-refractivity contribution in [1.29, 1.82) is 0 Å². The molecule has 0 saturated carbocycles. The van der Waals surface area contributed by atoms with Gasteiger partial charge in [-0.15, -0.1) is 0 Å². The maximum atomic E-state index is 12.2. The lowest BCUT2D eigenvalue weighted by Gasteiger charge is -2.20. The molecule has 5 heteroatoms. The topological polar surface area (TPSA) is 78.4 Å². The van der Waals surface area contributed by atoms with Gasteiger partial charge >= 0.3 is 5.97 Å². The summed E-state index contributed by atoms with van der Waals surface area (Å²) in [6.45, 7) is 5.25. The highest BCUT2D eigenvalue weighted by Gasteiger charge is 2.24. The summed E-state index contributed by atoms with van der Waals surface area (Å²) in [4.78, 5) is 23.3. The van der Waals surface area contributed by atoms with Crippen LogP contribution in [0.25, 0.3) is 0 Å². The number of amides is 1. The number of carbonyl (C=O) groups excluding carboxylic acids is 1. The summed E-state index contributed by atoms with van der Waals surface area (Å²) >= 11 is 0. The number of carboxylic acids is 1. The summed E-state index contributed by atoms with van der Waals surface area (Å²) in [6.07, 6.45) is 0.959. The van der Waals surface area contributed by atoms with Crippen molar-refractivity contribution in [3.05, 3.63) is 34.9 Å². The maximum absolute atomic E-state index is 12.2. The van der Waals surface area contributed by atoms with E-state index in [1.807, 2.05) is 12.1 Å². The normalized spacial score (nSPS) is 15.6. The van der Waals surface area contributed by atoms with Gasteiger partial charge in [-0.2, -0.15) is 0 Å². The van der Waals surface area contributed by atoms with E-state index in [0.29, 0.717) is 5.56 Å². The van der Waals surface area contributed by atoms with Crippen LogP contribution in [0.4, 0.5) is 0 Å². The molecule has 0 radical (unpaired) electrons. The SMILES string of the molecule is CC(C)[C@@H](NC(=O)c1ccc2c(c1)CNCC2)C(=O)O. The lowest BCUT2D eigenvalue weighted by Crippen LogP contribution is -2.44. The Morgan fingerprint density at radius 2 is 2.05 bits per heavy atom. The zero-order valence-corrected chi connectivity index (χ0v) is 11.8. The van der Waals surface area contributed by atoms with E-state index >= 15 is 0 Å². The smallest absolute Gasteiger partial charge is 0.326 e. The lowest BCUT2D eigenvalue weighted by atomic mass is 9.98. The number of fused-ring (bicyclic) bond motifs is 1. The molecule has 0 unspecified atom stereocenters. The second-order valence-electron chi connectivity index (χ2n) is 5.44. The van der Waals surface area contributed by atoms with Crippen LogP contribution in [-0.2, 0) is 17.8 Å². The summed E-state index contributed by atoms with van der Waals surface area (Å²) < 4.78 is 0. The van der Waals surface area contributed by atoms with Crippen molar-refractivity contribution in [3.63, 3.8) is 0 Å².